The Morgan fingerprint density at radius 3 is 2.28 bits per heavy atom. The Morgan fingerprint density at radius 2 is 1.67 bits per heavy atom. The molecule has 1 N–H and O–H groups in total. The summed E-state index contributed by atoms with van der Waals surface area (Å²) in [5.41, 5.74) is 2.46. The fourth-order valence-corrected chi connectivity index (χ4v) is 1.67. The second-order valence-corrected chi connectivity index (χ2v) is 4.21. The Kier molecular flexibility index (Phi) is 3.75. The highest BCUT2D eigenvalue weighted by atomic mass is 16.5. The third-order valence-corrected chi connectivity index (χ3v) is 2.71. The first-order chi connectivity index (χ1) is 8.66. The summed E-state index contributed by atoms with van der Waals surface area (Å²) >= 11 is 0. The van der Waals surface area contributed by atoms with Crippen molar-refractivity contribution in [3.63, 3.8) is 0 Å². The number of hydrogen-bond acceptors (Lipinski definition) is 2. The summed E-state index contributed by atoms with van der Waals surface area (Å²) < 4.78 is 0. The Balaban J connectivity index is 2.07. The van der Waals surface area contributed by atoms with Crippen LogP contribution in [0, 0.1) is 6.92 Å². The number of nitrogens with zero attached hydrogens (tertiary/aromatic N) is 1. The van der Waals surface area contributed by atoms with Gasteiger partial charge in [-0.3, -0.25) is 10.0 Å². The van der Waals surface area contributed by atoms with E-state index in [9.17, 15) is 10.0 Å². The fourth-order valence-electron chi connectivity index (χ4n) is 1.67. The van der Waals surface area contributed by atoms with E-state index in [0.29, 0.717) is 5.56 Å². The molecule has 0 fully saturated rings. The standard InChI is InChI=1S/C15H15NO2/c1-12-7-9-14(10-8-12)15(17)16(18)11-13-5-3-2-4-6-13/h2-10,18H,11H2,1H3. The van der Waals surface area contributed by atoms with Crippen molar-refractivity contribution in [2.24, 2.45) is 0 Å². The molecule has 0 unspecified atom stereocenters. The van der Waals surface area contributed by atoms with Gasteiger partial charge in [-0.05, 0) is 24.6 Å². The number of aryl methyl sites for hydroxylation is 1. The molecule has 92 valence electrons. The van der Waals surface area contributed by atoms with E-state index < -0.39 is 0 Å². The van der Waals surface area contributed by atoms with Crippen LogP contribution in [0.5, 0.6) is 0 Å². The first-order valence-electron chi connectivity index (χ1n) is 5.78. The van der Waals surface area contributed by atoms with E-state index in [0.717, 1.165) is 16.2 Å². The minimum Gasteiger partial charge on any atom is -0.285 e. The van der Waals surface area contributed by atoms with E-state index in [-0.39, 0.29) is 12.5 Å². The van der Waals surface area contributed by atoms with Gasteiger partial charge < -0.3 is 0 Å². The predicted molar refractivity (Wildman–Crippen MR) is 69.3 cm³/mol. The maximum atomic E-state index is 11.9. The van der Waals surface area contributed by atoms with E-state index in [4.69, 9.17) is 0 Å². The second-order valence-electron chi connectivity index (χ2n) is 4.21. The van der Waals surface area contributed by atoms with Crippen LogP contribution in [0.3, 0.4) is 0 Å². The van der Waals surface area contributed by atoms with Crippen molar-refractivity contribution in [1.82, 2.24) is 5.06 Å². The van der Waals surface area contributed by atoms with Crippen molar-refractivity contribution in [2.45, 2.75) is 13.5 Å². The Morgan fingerprint density at radius 1 is 1.06 bits per heavy atom. The van der Waals surface area contributed by atoms with Gasteiger partial charge in [0.25, 0.3) is 5.91 Å². The number of amides is 1. The molecule has 3 nitrogen and oxygen atoms in total. The molecule has 2 aromatic rings. The van der Waals surface area contributed by atoms with Crippen molar-refractivity contribution in [3.05, 3.63) is 71.3 Å². The predicted octanol–water partition coefficient (Wildman–Crippen LogP) is 3.03. The van der Waals surface area contributed by atoms with Crippen molar-refractivity contribution in [1.29, 1.82) is 0 Å². The highest BCUT2D eigenvalue weighted by Crippen LogP contribution is 2.09. The number of carbonyl (C=O) groups excluding carboxylic acids is 1. The Bertz CT molecular complexity index is 520. The molecule has 0 spiro atoms. The molecule has 0 saturated carbocycles. The summed E-state index contributed by atoms with van der Waals surface area (Å²) in [6.45, 7) is 2.14. The van der Waals surface area contributed by atoms with Crippen molar-refractivity contribution in [3.8, 4) is 0 Å². The molecule has 0 bridgehead atoms. The van der Waals surface area contributed by atoms with Gasteiger partial charge >= 0.3 is 0 Å². The van der Waals surface area contributed by atoms with Crippen molar-refractivity contribution in [2.75, 3.05) is 0 Å². The lowest BCUT2D eigenvalue weighted by Gasteiger charge is -2.15. The number of hydrogen-bond donors (Lipinski definition) is 1. The fraction of sp³-hybridized carbons (Fsp3) is 0.133. The molecule has 2 rings (SSSR count). The SMILES string of the molecule is Cc1ccc(C(=O)N(O)Cc2ccccc2)cc1. The second kappa shape index (κ2) is 5.47. The Labute approximate surface area is 106 Å². The third-order valence-electron chi connectivity index (χ3n) is 2.71. The van der Waals surface area contributed by atoms with Gasteiger partial charge in [-0.15, -0.1) is 0 Å². The lowest BCUT2D eigenvalue weighted by Crippen LogP contribution is -2.26. The zero-order chi connectivity index (χ0) is 13.0. The summed E-state index contributed by atoms with van der Waals surface area (Å²) in [5.74, 6) is -0.390. The highest BCUT2D eigenvalue weighted by molar-refractivity contribution is 5.93. The number of benzene rings is 2. The molecule has 0 radical (unpaired) electrons. The largest absolute Gasteiger partial charge is 0.285 e. The van der Waals surface area contributed by atoms with E-state index in [1.807, 2.05) is 49.4 Å². The van der Waals surface area contributed by atoms with E-state index >= 15 is 0 Å². The van der Waals surface area contributed by atoms with Crippen LogP contribution < -0.4 is 0 Å². The molecule has 0 aliphatic heterocycles. The van der Waals surface area contributed by atoms with Crippen LogP contribution in [0.1, 0.15) is 21.5 Å². The van der Waals surface area contributed by atoms with Crippen LogP contribution in [0.15, 0.2) is 54.6 Å². The molecule has 0 saturated heterocycles. The number of rotatable bonds is 3. The van der Waals surface area contributed by atoms with Crippen molar-refractivity contribution < 1.29 is 10.0 Å². The van der Waals surface area contributed by atoms with Gasteiger partial charge in [0.2, 0.25) is 0 Å². The van der Waals surface area contributed by atoms with Crippen LogP contribution in [0.2, 0.25) is 0 Å². The molecule has 0 aliphatic carbocycles. The van der Waals surface area contributed by atoms with Gasteiger partial charge in [0.1, 0.15) is 0 Å². The number of hydroxylamine groups is 2. The molecule has 3 heteroatoms. The molecule has 2 aromatic carbocycles. The Hall–Kier alpha value is -2.13. The summed E-state index contributed by atoms with van der Waals surface area (Å²) in [6, 6.07) is 16.5. The average molecular weight is 241 g/mol. The summed E-state index contributed by atoms with van der Waals surface area (Å²) in [4.78, 5) is 11.9. The van der Waals surface area contributed by atoms with Crippen LogP contribution in [-0.4, -0.2) is 16.2 Å². The van der Waals surface area contributed by atoms with Gasteiger partial charge in [0, 0.05) is 5.56 Å². The van der Waals surface area contributed by atoms with Gasteiger partial charge in [0.05, 0.1) is 6.54 Å². The van der Waals surface area contributed by atoms with Crippen molar-refractivity contribution >= 4 is 5.91 Å². The maximum absolute atomic E-state index is 11.9. The first kappa shape index (κ1) is 12.3. The van der Waals surface area contributed by atoms with Gasteiger partial charge in [-0.1, -0.05) is 48.0 Å². The molecule has 0 aliphatic rings. The zero-order valence-electron chi connectivity index (χ0n) is 10.2. The number of carbonyl (C=O) groups is 1. The van der Waals surface area contributed by atoms with Crippen LogP contribution in [0.25, 0.3) is 0 Å². The third kappa shape index (κ3) is 2.96. The smallest absolute Gasteiger partial charge is 0.277 e. The first-order valence-corrected chi connectivity index (χ1v) is 5.78. The van der Waals surface area contributed by atoms with Gasteiger partial charge in [-0.25, -0.2) is 5.06 Å². The minimum absolute atomic E-state index is 0.188. The minimum atomic E-state index is -0.390. The molecule has 0 atom stereocenters. The lowest BCUT2D eigenvalue weighted by atomic mass is 10.1. The normalized spacial score (nSPS) is 10.1. The van der Waals surface area contributed by atoms with Crippen LogP contribution >= 0.6 is 0 Å². The van der Waals surface area contributed by atoms with E-state index in [1.165, 1.54) is 0 Å². The average Bonchev–Trinajstić information content (AvgIpc) is 2.40. The topological polar surface area (TPSA) is 40.5 Å². The zero-order valence-corrected chi connectivity index (χ0v) is 10.2. The highest BCUT2D eigenvalue weighted by Gasteiger charge is 2.13. The van der Waals surface area contributed by atoms with E-state index in [2.05, 4.69) is 0 Å². The monoisotopic (exact) mass is 241 g/mol. The van der Waals surface area contributed by atoms with Gasteiger partial charge in [-0.2, -0.15) is 0 Å². The quantitative estimate of drug-likeness (QED) is 0.662. The summed E-state index contributed by atoms with van der Waals surface area (Å²) in [6.07, 6.45) is 0. The molecule has 18 heavy (non-hydrogen) atoms. The summed E-state index contributed by atoms with van der Waals surface area (Å²) in [7, 11) is 0. The molecular formula is C15H15NO2. The van der Waals surface area contributed by atoms with Crippen LogP contribution in [0.4, 0.5) is 0 Å². The molecule has 0 heterocycles. The lowest BCUT2D eigenvalue weighted by molar-refractivity contribution is -0.0648. The maximum Gasteiger partial charge on any atom is 0.277 e. The molecule has 1 amide bonds. The summed E-state index contributed by atoms with van der Waals surface area (Å²) in [5, 5.41) is 10.5. The van der Waals surface area contributed by atoms with Gasteiger partial charge in [0.15, 0.2) is 0 Å². The molecular weight excluding hydrogens is 226 g/mol. The van der Waals surface area contributed by atoms with E-state index in [1.54, 1.807) is 12.1 Å². The molecule has 0 aromatic heterocycles. The van der Waals surface area contributed by atoms with Crippen LogP contribution in [-0.2, 0) is 6.54 Å².